The van der Waals surface area contributed by atoms with E-state index in [9.17, 15) is 19.2 Å². The van der Waals surface area contributed by atoms with E-state index in [0.717, 1.165) is 5.57 Å². The molecule has 2 heterocycles. The van der Waals surface area contributed by atoms with Crippen molar-refractivity contribution in [2.45, 2.75) is 51.2 Å². The highest BCUT2D eigenvalue weighted by Crippen LogP contribution is 2.26. The van der Waals surface area contributed by atoms with Gasteiger partial charge in [0, 0.05) is 25.7 Å². The van der Waals surface area contributed by atoms with Crippen LogP contribution in [-0.2, 0) is 19.1 Å². The molecule has 9 nitrogen and oxygen atoms in total. The average Bonchev–Trinajstić information content (AvgIpc) is 3.32. The second-order valence-electron chi connectivity index (χ2n) is 7.45. The number of nitrogens with zero attached hydrogens (tertiary/aromatic N) is 2. The Morgan fingerprint density at radius 2 is 1.86 bits per heavy atom. The van der Waals surface area contributed by atoms with Crippen LogP contribution in [0.2, 0.25) is 0 Å². The van der Waals surface area contributed by atoms with E-state index in [2.05, 4.69) is 17.2 Å². The third kappa shape index (κ3) is 5.36. The van der Waals surface area contributed by atoms with E-state index in [1.807, 2.05) is 0 Å². The zero-order valence-electron chi connectivity index (χ0n) is 17.3. The molecule has 2 N–H and O–H groups in total. The Morgan fingerprint density at radius 3 is 2.48 bits per heavy atom. The average molecular weight is 406 g/mol. The Bertz CT molecular complexity index is 701. The lowest BCUT2D eigenvalue weighted by Gasteiger charge is -2.32. The van der Waals surface area contributed by atoms with Gasteiger partial charge in [0.25, 0.3) is 0 Å². The summed E-state index contributed by atoms with van der Waals surface area (Å²) in [6.45, 7) is 8.19. The van der Waals surface area contributed by atoms with Crippen LogP contribution in [0.25, 0.3) is 0 Å². The molecule has 2 fully saturated rings. The molecule has 9 heteroatoms. The number of methoxy groups -OCH3 is 1. The number of likely N-dealkylation sites (tertiary alicyclic amines) is 2. The number of hydrogen-bond acceptors (Lipinski definition) is 5. The topological polar surface area (TPSA) is 108 Å². The highest BCUT2D eigenvalue weighted by atomic mass is 16.5. The Hall–Kier alpha value is -2.84. The van der Waals surface area contributed by atoms with Crippen LogP contribution < -0.4 is 10.6 Å². The number of allylic oxidation sites excluding steroid dienone is 1. The van der Waals surface area contributed by atoms with E-state index in [4.69, 9.17) is 4.74 Å². The second kappa shape index (κ2) is 10.1. The van der Waals surface area contributed by atoms with Crippen LogP contribution in [0.3, 0.4) is 0 Å². The Balaban J connectivity index is 2.26. The summed E-state index contributed by atoms with van der Waals surface area (Å²) >= 11 is 0. The van der Waals surface area contributed by atoms with Gasteiger partial charge in [0.1, 0.15) is 12.1 Å². The van der Waals surface area contributed by atoms with Gasteiger partial charge in [-0.05, 0) is 33.1 Å². The lowest BCUT2D eigenvalue weighted by Crippen LogP contribution is -2.58. The number of amides is 4. The van der Waals surface area contributed by atoms with Crippen molar-refractivity contribution in [3.05, 3.63) is 24.3 Å². The first-order valence-electron chi connectivity index (χ1n) is 9.79. The Labute approximate surface area is 171 Å². The molecular weight excluding hydrogens is 376 g/mol. The molecule has 0 saturated carbocycles. The fourth-order valence-corrected chi connectivity index (χ4v) is 3.79. The summed E-state index contributed by atoms with van der Waals surface area (Å²) in [5.41, 5.74) is 0.815. The van der Waals surface area contributed by atoms with Crippen molar-refractivity contribution < 1.29 is 23.9 Å². The quantitative estimate of drug-likeness (QED) is 0.381. The van der Waals surface area contributed by atoms with Crippen molar-refractivity contribution in [1.82, 2.24) is 20.4 Å². The van der Waals surface area contributed by atoms with Gasteiger partial charge >= 0.3 is 12.0 Å². The summed E-state index contributed by atoms with van der Waals surface area (Å²) in [5, 5.41) is 5.41. The number of rotatable bonds is 6. The molecule has 0 aromatic carbocycles. The fourth-order valence-electron chi connectivity index (χ4n) is 3.79. The summed E-state index contributed by atoms with van der Waals surface area (Å²) < 4.78 is 4.83. The number of nitrogens with one attached hydrogen (secondary N) is 2. The van der Waals surface area contributed by atoms with Crippen LogP contribution in [0.15, 0.2) is 24.3 Å². The molecule has 2 rings (SSSR count). The number of carbonyl (C=O) groups excluding carboxylic acids is 4. The van der Waals surface area contributed by atoms with Crippen molar-refractivity contribution in [3.63, 3.8) is 0 Å². The van der Waals surface area contributed by atoms with Gasteiger partial charge in [-0.15, -0.1) is 6.58 Å². The number of carbonyl (C=O) groups is 4. The van der Waals surface area contributed by atoms with Crippen LogP contribution >= 0.6 is 0 Å². The van der Waals surface area contributed by atoms with Gasteiger partial charge in [-0.1, -0.05) is 11.6 Å². The predicted molar refractivity (Wildman–Crippen MR) is 107 cm³/mol. The summed E-state index contributed by atoms with van der Waals surface area (Å²) in [6.07, 6.45) is 4.66. The van der Waals surface area contributed by atoms with Gasteiger partial charge in [0.2, 0.25) is 11.8 Å². The molecule has 0 unspecified atom stereocenters. The second-order valence-corrected chi connectivity index (χ2v) is 7.45. The molecule has 0 bridgehead atoms. The maximum Gasteiger partial charge on any atom is 0.328 e. The molecule has 0 aliphatic carbocycles. The molecule has 2 aliphatic heterocycles. The molecule has 2 saturated heterocycles. The molecule has 4 amide bonds. The predicted octanol–water partition coefficient (Wildman–Crippen LogP) is 0.571. The number of esters is 1. The number of hydrogen-bond donors (Lipinski definition) is 2. The molecule has 160 valence electrons. The maximum absolute atomic E-state index is 13.4. The molecule has 3 atom stereocenters. The van der Waals surface area contributed by atoms with Crippen molar-refractivity contribution in [3.8, 4) is 0 Å². The van der Waals surface area contributed by atoms with Gasteiger partial charge in [0.15, 0.2) is 0 Å². The van der Waals surface area contributed by atoms with Crippen molar-refractivity contribution in [1.29, 1.82) is 0 Å². The van der Waals surface area contributed by atoms with Crippen LogP contribution in [0.5, 0.6) is 0 Å². The SMILES string of the molecule is C=CCNC(=O)N[C@H]1CCN(C(=O)C=C(C)C)[C@@H]1C(=O)N1CCC[C@@H]1C(=O)OC. The fraction of sp³-hybridized carbons (Fsp3) is 0.600. The standard InChI is InChI=1S/C20H30N4O5/c1-5-9-21-20(28)22-14-8-11-24(16(25)12-13(2)3)17(14)18(26)23-10-6-7-15(23)19(27)29-4/h5,12,14-15,17H,1,6-11H2,2-4H3,(H2,21,22,28)/t14-,15+,17-/m0/s1. The Kier molecular flexibility index (Phi) is 7.81. The number of ether oxygens (including phenoxy) is 1. The van der Waals surface area contributed by atoms with Crippen LogP contribution in [0.1, 0.15) is 33.1 Å². The molecule has 29 heavy (non-hydrogen) atoms. The van der Waals surface area contributed by atoms with Gasteiger partial charge in [-0.3, -0.25) is 9.59 Å². The van der Waals surface area contributed by atoms with Gasteiger partial charge in [-0.2, -0.15) is 0 Å². The lowest BCUT2D eigenvalue weighted by atomic mass is 10.1. The van der Waals surface area contributed by atoms with Crippen LogP contribution in [0.4, 0.5) is 4.79 Å². The van der Waals surface area contributed by atoms with E-state index >= 15 is 0 Å². The minimum absolute atomic E-state index is 0.284. The summed E-state index contributed by atoms with van der Waals surface area (Å²) in [5.74, 6) is -1.10. The minimum Gasteiger partial charge on any atom is -0.467 e. The van der Waals surface area contributed by atoms with E-state index in [0.29, 0.717) is 32.4 Å². The van der Waals surface area contributed by atoms with E-state index < -0.39 is 30.1 Å². The van der Waals surface area contributed by atoms with Gasteiger partial charge < -0.3 is 25.2 Å². The Morgan fingerprint density at radius 1 is 1.14 bits per heavy atom. The number of urea groups is 1. The first-order chi connectivity index (χ1) is 13.8. The molecule has 0 spiro atoms. The van der Waals surface area contributed by atoms with Crippen molar-refractivity contribution in [2.75, 3.05) is 26.7 Å². The monoisotopic (exact) mass is 406 g/mol. The first kappa shape index (κ1) is 22.4. The zero-order chi connectivity index (χ0) is 21.6. The van der Waals surface area contributed by atoms with Crippen LogP contribution in [0, 0.1) is 0 Å². The van der Waals surface area contributed by atoms with E-state index in [1.54, 1.807) is 19.9 Å². The summed E-state index contributed by atoms with van der Waals surface area (Å²) in [4.78, 5) is 53.3. The highest BCUT2D eigenvalue weighted by Gasteiger charge is 2.47. The molecule has 0 aromatic rings. The molecule has 0 aromatic heterocycles. The molecule has 2 aliphatic rings. The minimum atomic E-state index is -0.877. The maximum atomic E-state index is 13.4. The molecular formula is C20H30N4O5. The third-order valence-corrected chi connectivity index (χ3v) is 5.08. The smallest absolute Gasteiger partial charge is 0.328 e. The van der Waals surface area contributed by atoms with E-state index in [1.165, 1.54) is 23.0 Å². The third-order valence-electron chi connectivity index (χ3n) is 5.08. The van der Waals surface area contributed by atoms with E-state index in [-0.39, 0.29) is 18.4 Å². The molecule has 0 radical (unpaired) electrons. The summed E-state index contributed by atoms with van der Waals surface area (Å²) in [7, 11) is 1.29. The largest absolute Gasteiger partial charge is 0.467 e. The van der Waals surface area contributed by atoms with Crippen LogP contribution in [-0.4, -0.2) is 78.5 Å². The first-order valence-corrected chi connectivity index (χ1v) is 9.79. The summed E-state index contributed by atoms with van der Waals surface area (Å²) in [6, 6.07) is -2.53. The van der Waals surface area contributed by atoms with Gasteiger partial charge in [-0.25, -0.2) is 9.59 Å². The highest BCUT2D eigenvalue weighted by molar-refractivity contribution is 5.96. The van der Waals surface area contributed by atoms with Gasteiger partial charge in [0.05, 0.1) is 13.2 Å². The normalized spacial score (nSPS) is 23.3. The van der Waals surface area contributed by atoms with Crippen molar-refractivity contribution in [2.24, 2.45) is 0 Å². The van der Waals surface area contributed by atoms with Crippen molar-refractivity contribution >= 4 is 23.8 Å². The lowest BCUT2D eigenvalue weighted by molar-refractivity contribution is -0.153. The zero-order valence-corrected chi connectivity index (χ0v) is 17.3.